The topological polar surface area (TPSA) is 37.3 Å². The summed E-state index contributed by atoms with van der Waals surface area (Å²) in [6.45, 7) is 21.9. The molecule has 1 rings (SSSR count). The van der Waals surface area contributed by atoms with Crippen molar-refractivity contribution in [1.29, 1.82) is 0 Å². The lowest BCUT2D eigenvalue weighted by Crippen LogP contribution is -2.48. The molecule has 1 aliphatic rings. The van der Waals surface area contributed by atoms with E-state index in [0.29, 0.717) is 11.7 Å². The van der Waals surface area contributed by atoms with Crippen LogP contribution in [0.2, 0.25) is 0 Å². The number of carbonyl (C=O) groups is 1. The fourth-order valence-corrected chi connectivity index (χ4v) is 6.00. The maximum absolute atomic E-state index is 12.7. The Hall–Kier alpha value is -0.370. The zero-order chi connectivity index (χ0) is 23.6. The first-order valence-corrected chi connectivity index (χ1v) is 13.1. The molecule has 0 aromatic rings. The Balaban J connectivity index is 0.00000407. The van der Waals surface area contributed by atoms with E-state index in [2.05, 4.69) is 41.5 Å². The Morgan fingerprint density at radius 1 is 1.07 bits per heavy atom. The molecule has 0 spiro atoms. The number of hydrogen-bond donors (Lipinski definition) is 1. The third kappa shape index (κ3) is 9.01. The third-order valence-electron chi connectivity index (χ3n) is 7.89. The molecule has 0 radical (unpaired) electrons. The molecule has 0 bridgehead atoms. The van der Waals surface area contributed by atoms with E-state index in [-0.39, 0.29) is 16.7 Å². The van der Waals surface area contributed by atoms with Crippen LogP contribution in [-0.2, 0) is 4.79 Å². The lowest BCUT2D eigenvalue weighted by molar-refractivity contribution is -0.135. The molecule has 0 heterocycles. The van der Waals surface area contributed by atoms with Gasteiger partial charge in [-0.25, -0.2) is 0 Å². The average molecular weight is 425 g/mol. The molecule has 2 nitrogen and oxygen atoms in total. The molecule has 0 amide bonds. The molecule has 4 atom stereocenters. The number of hydrogen-bond acceptors (Lipinski definition) is 2. The van der Waals surface area contributed by atoms with Gasteiger partial charge in [0.15, 0.2) is 0 Å². The molecular formula is C28H56O2. The summed E-state index contributed by atoms with van der Waals surface area (Å²) in [6, 6.07) is 0. The van der Waals surface area contributed by atoms with Crippen LogP contribution in [0.1, 0.15) is 140 Å². The van der Waals surface area contributed by atoms with Gasteiger partial charge in [-0.2, -0.15) is 0 Å². The average Bonchev–Trinajstić information content (AvgIpc) is 2.64. The van der Waals surface area contributed by atoms with Crippen molar-refractivity contribution in [3.8, 4) is 0 Å². The Kier molecular flexibility index (Phi) is 13.1. The Labute approximate surface area is 190 Å². The first kappa shape index (κ1) is 29.6. The summed E-state index contributed by atoms with van der Waals surface area (Å²) >= 11 is 0. The minimum atomic E-state index is -0.586. The van der Waals surface area contributed by atoms with E-state index in [0.717, 1.165) is 38.0 Å². The van der Waals surface area contributed by atoms with Crippen molar-refractivity contribution in [3.63, 3.8) is 0 Å². The number of rotatable bonds is 12. The Morgan fingerprint density at radius 3 is 2.13 bits per heavy atom. The maximum Gasteiger partial charge on any atom is 0.136 e. The molecule has 180 valence electrons. The second-order valence-corrected chi connectivity index (χ2v) is 11.5. The molecule has 30 heavy (non-hydrogen) atoms. The highest BCUT2D eigenvalue weighted by molar-refractivity contribution is 5.82. The molecular weight excluding hydrogens is 368 g/mol. The molecule has 1 fully saturated rings. The van der Waals surface area contributed by atoms with Crippen LogP contribution in [0.4, 0.5) is 0 Å². The van der Waals surface area contributed by atoms with Crippen LogP contribution in [0.15, 0.2) is 0 Å². The summed E-state index contributed by atoms with van der Waals surface area (Å²) in [4.78, 5) is 12.7. The minimum Gasteiger partial charge on any atom is -0.390 e. The van der Waals surface area contributed by atoms with Gasteiger partial charge in [0.2, 0.25) is 0 Å². The minimum absolute atomic E-state index is 0.118. The van der Waals surface area contributed by atoms with Crippen molar-refractivity contribution in [2.45, 2.75) is 145 Å². The summed E-state index contributed by atoms with van der Waals surface area (Å²) in [7, 11) is 0. The van der Waals surface area contributed by atoms with Crippen molar-refractivity contribution in [1.82, 2.24) is 0 Å². The van der Waals surface area contributed by atoms with Crippen molar-refractivity contribution < 1.29 is 9.90 Å². The largest absolute Gasteiger partial charge is 0.390 e. The quantitative estimate of drug-likeness (QED) is 0.340. The van der Waals surface area contributed by atoms with Crippen molar-refractivity contribution >= 4 is 5.78 Å². The van der Waals surface area contributed by atoms with Crippen LogP contribution in [0.5, 0.6) is 0 Å². The smallest absolute Gasteiger partial charge is 0.136 e. The number of Topliss-reactive ketones (excluding diaryl/α,β-unsaturated/α-hetero) is 1. The van der Waals surface area contributed by atoms with Crippen LogP contribution >= 0.6 is 0 Å². The van der Waals surface area contributed by atoms with E-state index in [1.54, 1.807) is 0 Å². The van der Waals surface area contributed by atoms with Gasteiger partial charge >= 0.3 is 0 Å². The van der Waals surface area contributed by atoms with E-state index in [1.807, 2.05) is 27.7 Å². The highest BCUT2D eigenvalue weighted by atomic mass is 16.3. The predicted molar refractivity (Wildman–Crippen MR) is 133 cm³/mol. The van der Waals surface area contributed by atoms with Crippen LogP contribution in [0.3, 0.4) is 0 Å². The Morgan fingerprint density at radius 2 is 1.63 bits per heavy atom. The molecule has 1 aliphatic carbocycles. The van der Waals surface area contributed by atoms with Gasteiger partial charge in [-0.15, -0.1) is 0 Å². The molecule has 0 aromatic carbocycles. The van der Waals surface area contributed by atoms with Gasteiger partial charge in [0.1, 0.15) is 5.78 Å². The second-order valence-electron chi connectivity index (χ2n) is 11.5. The fourth-order valence-electron chi connectivity index (χ4n) is 6.00. The summed E-state index contributed by atoms with van der Waals surface area (Å²) < 4.78 is 0. The van der Waals surface area contributed by atoms with Crippen LogP contribution < -0.4 is 0 Å². The van der Waals surface area contributed by atoms with Crippen molar-refractivity contribution in [2.24, 2.45) is 28.6 Å². The van der Waals surface area contributed by atoms with Crippen molar-refractivity contribution in [2.75, 3.05) is 0 Å². The summed E-state index contributed by atoms with van der Waals surface area (Å²) in [5, 5.41) is 10.2. The van der Waals surface area contributed by atoms with E-state index < -0.39 is 5.60 Å². The van der Waals surface area contributed by atoms with Gasteiger partial charge in [0.25, 0.3) is 0 Å². The van der Waals surface area contributed by atoms with Gasteiger partial charge in [-0.1, -0.05) is 81.1 Å². The van der Waals surface area contributed by atoms with E-state index in [9.17, 15) is 9.90 Å². The molecule has 1 saturated carbocycles. The molecule has 3 unspecified atom stereocenters. The normalized spacial score (nSPS) is 25.5. The zero-order valence-electron chi connectivity index (χ0n) is 22.4. The molecule has 0 aromatic heterocycles. The van der Waals surface area contributed by atoms with Gasteiger partial charge in [-0.3, -0.25) is 4.79 Å². The predicted octanol–water partition coefficient (Wildman–Crippen LogP) is 8.60. The van der Waals surface area contributed by atoms with Gasteiger partial charge in [0.05, 0.1) is 5.60 Å². The molecule has 0 saturated heterocycles. The lowest BCUT2D eigenvalue weighted by atomic mass is 9.51. The first-order chi connectivity index (χ1) is 13.9. The third-order valence-corrected chi connectivity index (χ3v) is 7.89. The van der Waals surface area contributed by atoms with Crippen LogP contribution in [-0.4, -0.2) is 16.5 Å². The van der Waals surface area contributed by atoms with Gasteiger partial charge in [-0.05, 0) is 75.0 Å². The Bertz CT molecular complexity index is 476. The highest BCUT2D eigenvalue weighted by Crippen LogP contribution is 2.56. The molecule has 2 heteroatoms. The fraction of sp³-hybridized carbons (Fsp3) is 0.964. The number of carbonyl (C=O) groups excluding carboxylic acids is 1. The number of ketones is 1. The highest BCUT2D eigenvalue weighted by Gasteiger charge is 2.50. The zero-order valence-corrected chi connectivity index (χ0v) is 22.4. The standard InChI is InChI=1S/C26H50O2.C2H6/c1-9-13-23(26(8)19-11-15-22(27)21(26)4)25(7,17-10-14-20(2)3)18-12-16-24(5,6)28;1-2/h20-21,23,28H,9-19H2,1-8H3;1-2H3/t21?,23-,25?,26?;/m1./s1. The molecule has 1 N–H and O–H groups in total. The van der Waals surface area contributed by atoms with Gasteiger partial charge in [0, 0.05) is 12.3 Å². The van der Waals surface area contributed by atoms with Gasteiger partial charge < -0.3 is 5.11 Å². The van der Waals surface area contributed by atoms with Crippen LogP contribution in [0, 0.1) is 28.6 Å². The first-order valence-electron chi connectivity index (χ1n) is 13.1. The summed E-state index contributed by atoms with van der Waals surface area (Å²) in [5.74, 6) is 1.99. The lowest BCUT2D eigenvalue weighted by Gasteiger charge is -2.53. The van der Waals surface area contributed by atoms with E-state index in [1.165, 1.54) is 38.5 Å². The molecule has 0 aliphatic heterocycles. The van der Waals surface area contributed by atoms with E-state index in [4.69, 9.17) is 0 Å². The number of aliphatic hydroxyl groups is 1. The monoisotopic (exact) mass is 424 g/mol. The van der Waals surface area contributed by atoms with Crippen molar-refractivity contribution in [3.05, 3.63) is 0 Å². The van der Waals surface area contributed by atoms with E-state index >= 15 is 0 Å². The maximum atomic E-state index is 12.7. The SMILES string of the molecule is CC.CCC[C@H](C(C)(CCCC(C)C)CCCC(C)(C)O)C1(C)CCCC(=O)C1C. The summed E-state index contributed by atoms with van der Waals surface area (Å²) in [6.07, 6.45) is 12.3. The summed E-state index contributed by atoms with van der Waals surface area (Å²) in [5.41, 5.74) is -0.222. The second kappa shape index (κ2) is 13.2. The van der Waals surface area contributed by atoms with Crippen LogP contribution in [0.25, 0.3) is 0 Å².